The molecule has 9 rings (SSSR count). The van der Waals surface area contributed by atoms with Gasteiger partial charge in [-0.15, -0.1) is 12.6 Å². The van der Waals surface area contributed by atoms with Crippen molar-refractivity contribution >= 4 is 48.7 Å². The predicted octanol–water partition coefficient (Wildman–Crippen LogP) is 12.0. The first kappa shape index (κ1) is 26.4. The fourth-order valence-electron chi connectivity index (χ4n) is 7.08. The van der Waals surface area contributed by atoms with E-state index in [-0.39, 0.29) is 0 Å². The zero-order chi connectivity index (χ0) is 30.5. The molecule has 2 heterocycles. The first-order valence-corrected chi connectivity index (χ1v) is 15.8. The number of rotatable bonds is 4. The number of aromatic nitrogens is 1. The van der Waals surface area contributed by atoms with E-state index in [0.717, 1.165) is 29.1 Å². The third-order valence-corrected chi connectivity index (χ3v) is 9.20. The number of benzene rings is 7. The molecule has 0 aliphatic carbocycles. The van der Waals surface area contributed by atoms with E-state index in [1.807, 2.05) is 12.3 Å². The lowest BCUT2D eigenvalue weighted by Gasteiger charge is -2.19. The van der Waals surface area contributed by atoms with Crippen LogP contribution < -0.4 is 0 Å². The summed E-state index contributed by atoms with van der Waals surface area (Å²) in [6.45, 7) is 0.732. The normalized spacial score (nSPS) is 12.9. The second-order valence-electron chi connectivity index (χ2n) is 11.9. The summed E-state index contributed by atoms with van der Waals surface area (Å²) in [6.07, 6.45) is 6.08. The van der Waals surface area contributed by atoms with Crippen LogP contribution in [0.4, 0.5) is 0 Å². The van der Waals surface area contributed by atoms with Crippen molar-refractivity contribution in [1.82, 2.24) is 4.98 Å². The van der Waals surface area contributed by atoms with Crippen molar-refractivity contribution < 1.29 is 0 Å². The Balaban J connectivity index is 1.21. The molecule has 1 aliphatic rings. The number of hydrogen-bond acceptors (Lipinski definition) is 1. The molecule has 0 bridgehead atoms. The molecule has 7 aromatic carbocycles. The Morgan fingerprint density at radius 2 is 1.04 bits per heavy atom. The zero-order valence-corrected chi connectivity index (χ0v) is 25.2. The molecule has 0 saturated heterocycles. The highest BCUT2D eigenvalue weighted by Gasteiger charge is 2.18. The molecule has 1 aromatic heterocycles. The third-order valence-electron chi connectivity index (χ3n) is 9.20. The van der Waals surface area contributed by atoms with Crippen molar-refractivity contribution in [1.29, 1.82) is 0 Å². The number of allylic oxidation sites excluding steroid dienone is 2. The van der Waals surface area contributed by atoms with Crippen LogP contribution in [0.15, 0.2) is 164 Å². The molecule has 8 aromatic rings. The molecule has 0 saturated carbocycles. The summed E-state index contributed by atoms with van der Waals surface area (Å²) < 4.78 is 0. The molecule has 0 amide bonds. The van der Waals surface area contributed by atoms with Gasteiger partial charge in [0.15, 0.2) is 0 Å². The van der Waals surface area contributed by atoms with Gasteiger partial charge in [-0.25, -0.2) is 4.98 Å². The van der Waals surface area contributed by atoms with E-state index in [9.17, 15) is 0 Å². The number of nitrogens with zero attached hydrogens (tertiary/aromatic N) is 2. The topological polar surface area (TPSA) is 27.0 Å². The summed E-state index contributed by atoms with van der Waals surface area (Å²) in [5.74, 6) is 0. The van der Waals surface area contributed by atoms with Crippen LogP contribution in [0.2, 0.25) is 0 Å². The van der Waals surface area contributed by atoms with Gasteiger partial charge >= 0.3 is 0 Å². The molecular formula is C44H29N2-. The number of pyridine rings is 1. The minimum atomic E-state index is 0.732. The van der Waals surface area contributed by atoms with Gasteiger partial charge < -0.3 is 5.32 Å². The summed E-state index contributed by atoms with van der Waals surface area (Å²) >= 11 is 0. The maximum absolute atomic E-state index is 4.98. The predicted molar refractivity (Wildman–Crippen MR) is 196 cm³/mol. The molecule has 46 heavy (non-hydrogen) atoms. The highest BCUT2D eigenvalue weighted by atomic mass is 14.8. The lowest BCUT2D eigenvalue weighted by atomic mass is 9.84. The maximum Gasteiger partial charge on any atom is 0.0709 e. The van der Waals surface area contributed by atoms with Crippen molar-refractivity contribution in [2.24, 2.45) is 0 Å². The second kappa shape index (κ2) is 10.9. The van der Waals surface area contributed by atoms with Crippen LogP contribution in [-0.2, 0) is 0 Å². The van der Waals surface area contributed by atoms with Gasteiger partial charge in [-0.3, -0.25) is 0 Å². The van der Waals surface area contributed by atoms with Crippen molar-refractivity contribution in [3.8, 4) is 33.5 Å². The van der Waals surface area contributed by atoms with Gasteiger partial charge in [-0.1, -0.05) is 127 Å². The van der Waals surface area contributed by atoms with E-state index >= 15 is 0 Å². The van der Waals surface area contributed by atoms with Gasteiger partial charge in [0.25, 0.3) is 0 Å². The number of fused-ring (bicyclic) bond motifs is 4. The van der Waals surface area contributed by atoms with Crippen molar-refractivity contribution in [3.63, 3.8) is 0 Å². The quantitative estimate of drug-likeness (QED) is 0.189. The average molecular weight is 586 g/mol. The van der Waals surface area contributed by atoms with Gasteiger partial charge in [-0.05, 0) is 95.2 Å². The third kappa shape index (κ3) is 4.38. The highest BCUT2D eigenvalue weighted by molar-refractivity contribution is 6.23. The largest absolute Gasteiger partial charge is 0.687 e. The van der Waals surface area contributed by atoms with Crippen molar-refractivity contribution in [2.45, 2.75) is 0 Å². The molecule has 0 atom stereocenters. The smallest absolute Gasteiger partial charge is 0.0709 e. The zero-order valence-electron chi connectivity index (χ0n) is 25.2. The van der Waals surface area contributed by atoms with E-state index in [4.69, 9.17) is 4.98 Å². The Labute approximate surface area is 268 Å². The Kier molecular flexibility index (Phi) is 6.24. The summed E-state index contributed by atoms with van der Waals surface area (Å²) in [4.78, 5) is 4.98. The van der Waals surface area contributed by atoms with E-state index in [2.05, 4.69) is 157 Å². The van der Waals surface area contributed by atoms with Crippen LogP contribution in [0.1, 0.15) is 5.69 Å². The SMILES string of the molecule is C1=CC(c2cccc(-c3ccc4cc(-c5c6ccccc6c(-c6cccc7ccccc67)c6ccccc56)ccc4c3)n2)=C[N-]C1. The monoisotopic (exact) mass is 585 g/mol. The standard InChI is InChI=1S/C44H29N2/c1-2-13-35-29(10-1)11-7-18-36(35)44-39-16-5-3-14-37(39)43(38-15-4-6-17-40(38)44)33-24-22-30-26-32(23-21-31(30)27-33)41-19-8-20-42(46-41)34-12-9-25-45-28-34/h1-24,26-28H,25H2/q-1. The Bertz CT molecular complexity index is 2470. The van der Waals surface area contributed by atoms with Gasteiger partial charge in [0, 0.05) is 5.56 Å². The molecular weight excluding hydrogens is 556 g/mol. The fraction of sp³-hybridized carbons (Fsp3) is 0.0227. The van der Waals surface area contributed by atoms with Gasteiger partial charge in [-0.2, -0.15) is 6.20 Å². The summed E-state index contributed by atoms with van der Waals surface area (Å²) in [5.41, 5.74) is 9.11. The molecule has 2 nitrogen and oxygen atoms in total. The fourth-order valence-corrected chi connectivity index (χ4v) is 7.08. The van der Waals surface area contributed by atoms with Gasteiger partial charge in [0.1, 0.15) is 0 Å². The van der Waals surface area contributed by atoms with Crippen LogP contribution in [0.3, 0.4) is 0 Å². The maximum atomic E-state index is 4.98. The molecule has 1 aliphatic heterocycles. The molecule has 0 radical (unpaired) electrons. The lowest BCUT2D eigenvalue weighted by molar-refractivity contribution is 1.27. The van der Waals surface area contributed by atoms with Gasteiger partial charge in [0.05, 0.1) is 11.4 Å². The van der Waals surface area contributed by atoms with Crippen molar-refractivity contribution in [2.75, 3.05) is 6.54 Å². The van der Waals surface area contributed by atoms with E-state index < -0.39 is 0 Å². The average Bonchev–Trinajstić information content (AvgIpc) is 3.13. The first-order valence-electron chi connectivity index (χ1n) is 15.8. The van der Waals surface area contributed by atoms with E-state index in [0.29, 0.717) is 0 Å². The van der Waals surface area contributed by atoms with Gasteiger partial charge in [0.2, 0.25) is 0 Å². The van der Waals surface area contributed by atoms with E-state index in [1.165, 1.54) is 65.3 Å². The van der Waals surface area contributed by atoms with Crippen LogP contribution in [0.5, 0.6) is 0 Å². The second-order valence-corrected chi connectivity index (χ2v) is 11.9. The van der Waals surface area contributed by atoms with Crippen LogP contribution >= 0.6 is 0 Å². The van der Waals surface area contributed by atoms with Crippen LogP contribution in [-0.4, -0.2) is 11.5 Å². The summed E-state index contributed by atoms with van der Waals surface area (Å²) in [7, 11) is 0. The first-order chi connectivity index (χ1) is 22.8. The number of hydrogen-bond donors (Lipinski definition) is 0. The summed E-state index contributed by atoms with van der Waals surface area (Å²) in [6, 6.07) is 52.9. The minimum Gasteiger partial charge on any atom is -0.687 e. The molecule has 0 N–H and O–H groups in total. The van der Waals surface area contributed by atoms with Crippen molar-refractivity contribution in [3.05, 3.63) is 175 Å². The molecule has 2 heteroatoms. The molecule has 0 unspecified atom stereocenters. The molecule has 0 fully saturated rings. The van der Waals surface area contributed by atoms with E-state index in [1.54, 1.807) is 0 Å². The lowest BCUT2D eigenvalue weighted by Crippen LogP contribution is -1.93. The Morgan fingerprint density at radius 3 is 1.76 bits per heavy atom. The van der Waals surface area contributed by atoms with Crippen LogP contribution in [0.25, 0.3) is 87.5 Å². The molecule has 216 valence electrons. The minimum absolute atomic E-state index is 0.732. The molecule has 0 spiro atoms. The highest BCUT2D eigenvalue weighted by Crippen LogP contribution is 2.45. The Morgan fingerprint density at radius 1 is 0.457 bits per heavy atom. The van der Waals surface area contributed by atoms with Crippen LogP contribution in [0, 0.1) is 0 Å². The Hall–Kier alpha value is -5.99. The summed E-state index contributed by atoms with van der Waals surface area (Å²) in [5, 5.41) is 14.4.